The Labute approximate surface area is 298 Å². The SMILES string of the molecule is c1ccc(-c2ccc3c(c2)c2ccc(-c4ccc(-n5c6ccccc6c6ccccc65)cc4)cc2n3-c2ccc3sc4ccccc4c3c2)cc1. The molecule has 8 aromatic carbocycles. The third-order valence-electron chi connectivity index (χ3n) is 10.5. The Morgan fingerprint density at radius 1 is 0.275 bits per heavy atom. The van der Waals surface area contributed by atoms with E-state index in [4.69, 9.17) is 0 Å². The van der Waals surface area contributed by atoms with E-state index in [1.165, 1.54) is 91.7 Å². The van der Waals surface area contributed by atoms with Gasteiger partial charge < -0.3 is 9.13 Å². The van der Waals surface area contributed by atoms with Gasteiger partial charge in [-0.05, 0) is 89.0 Å². The number of hydrogen-bond acceptors (Lipinski definition) is 1. The number of rotatable bonds is 4. The summed E-state index contributed by atoms with van der Waals surface area (Å²) in [5.41, 5.74) is 12.1. The molecule has 0 aliphatic rings. The van der Waals surface area contributed by atoms with Crippen molar-refractivity contribution in [1.82, 2.24) is 9.13 Å². The van der Waals surface area contributed by atoms with Crippen molar-refractivity contribution in [1.29, 1.82) is 0 Å². The predicted molar refractivity (Wildman–Crippen MR) is 219 cm³/mol. The number of aromatic nitrogens is 2. The van der Waals surface area contributed by atoms with E-state index in [9.17, 15) is 0 Å². The molecule has 0 spiro atoms. The summed E-state index contributed by atoms with van der Waals surface area (Å²) in [6.45, 7) is 0. The predicted octanol–water partition coefficient (Wildman–Crippen LogP) is 13.6. The van der Waals surface area contributed by atoms with Crippen molar-refractivity contribution in [2.75, 3.05) is 0 Å². The minimum absolute atomic E-state index is 1.16. The van der Waals surface area contributed by atoms with Crippen LogP contribution in [0.5, 0.6) is 0 Å². The number of benzene rings is 8. The molecule has 0 fully saturated rings. The van der Waals surface area contributed by atoms with E-state index in [-0.39, 0.29) is 0 Å². The molecule has 0 N–H and O–H groups in total. The molecule has 3 aromatic heterocycles. The van der Waals surface area contributed by atoms with Gasteiger partial charge in [0.2, 0.25) is 0 Å². The third-order valence-corrected chi connectivity index (χ3v) is 11.7. The molecular formula is C48H30N2S. The van der Waals surface area contributed by atoms with Crippen LogP contribution in [0.2, 0.25) is 0 Å². The summed E-state index contributed by atoms with van der Waals surface area (Å²) < 4.78 is 7.48. The molecule has 0 atom stereocenters. The average molecular weight is 667 g/mol. The molecule has 0 radical (unpaired) electrons. The van der Waals surface area contributed by atoms with E-state index in [1.54, 1.807) is 0 Å². The van der Waals surface area contributed by atoms with E-state index in [0.717, 1.165) is 5.69 Å². The second kappa shape index (κ2) is 11.0. The van der Waals surface area contributed by atoms with Crippen LogP contribution in [0.15, 0.2) is 182 Å². The van der Waals surface area contributed by atoms with Crippen LogP contribution in [0.1, 0.15) is 0 Å². The Balaban J connectivity index is 1.10. The van der Waals surface area contributed by atoms with Crippen molar-refractivity contribution in [3.05, 3.63) is 182 Å². The maximum absolute atomic E-state index is 2.46. The summed E-state index contributed by atoms with van der Waals surface area (Å²) >= 11 is 1.86. The first kappa shape index (κ1) is 28.4. The lowest BCUT2D eigenvalue weighted by Crippen LogP contribution is -1.94. The fourth-order valence-electron chi connectivity index (χ4n) is 8.15. The Morgan fingerprint density at radius 2 is 0.804 bits per heavy atom. The van der Waals surface area contributed by atoms with Gasteiger partial charge in [-0.15, -0.1) is 11.3 Å². The molecule has 11 aromatic rings. The minimum Gasteiger partial charge on any atom is -0.309 e. The molecule has 0 bridgehead atoms. The number of hydrogen-bond donors (Lipinski definition) is 0. The minimum atomic E-state index is 1.16. The first-order valence-electron chi connectivity index (χ1n) is 17.4. The molecule has 0 unspecified atom stereocenters. The van der Waals surface area contributed by atoms with Crippen LogP contribution < -0.4 is 0 Å². The van der Waals surface area contributed by atoms with Gasteiger partial charge in [-0.2, -0.15) is 0 Å². The molecule has 0 aliphatic carbocycles. The van der Waals surface area contributed by atoms with Crippen molar-refractivity contribution in [2.45, 2.75) is 0 Å². The van der Waals surface area contributed by atoms with Gasteiger partial charge in [-0.25, -0.2) is 0 Å². The van der Waals surface area contributed by atoms with Crippen LogP contribution >= 0.6 is 11.3 Å². The normalized spacial score (nSPS) is 11.9. The highest BCUT2D eigenvalue weighted by atomic mass is 32.1. The summed E-state index contributed by atoms with van der Waals surface area (Å²) in [6.07, 6.45) is 0. The molecule has 238 valence electrons. The van der Waals surface area contributed by atoms with Crippen molar-refractivity contribution in [2.24, 2.45) is 0 Å². The van der Waals surface area contributed by atoms with E-state index in [1.807, 2.05) is 11.3 Å². The van der Waals surface area contributed by atoms with E-state index < -0.39 is 0 Å². The van der Waals surface area contributed by atoms with Gasteiger partial charge in [-0.3, -0.25) is 0 Å². The number of para-hydroxylation sites is 2. The van der Waals surface area contributed by atoms with Crippen LogP contribution in [-0.2, 0) is 0 Å². The van der Waals surface area contributed by atoms with Crippen LogP contribution in [0.4, 0.5) is 0 Å². The lowest BCUT2D eigenvalue weighted by Gasteiger charge is -2.11. The van der Waals surface area contributed by atoms with Crippen molar-refractivity contribution < 1.29 is 0 Å². The molecular weight excluding hydrogens is 637 g/mol. The fourth-order valence-corrected chi connectivity index (χ4v) is 9.23. The standard InChI is InChI=1S/C48H30N2S/c1-2-10-31(11-3-1)33-21-26-45-41(28-33)39-25-20-34(29-46(39)50(45)36-24-27-48-42(30-36)40-14-6-9-17-47(40)51-48)32-18-22-35(23-19-32)49-43-15-7-4-12-37(43)38-13-5-8-16-44(38)49/h1-30H. The molecule has 0 saturated carbocycles. The number of thiophene rings is 1. The maximum atomic E-state index is 2.46. The monoisotopic (exact) mass is 666 g/mol. The maximum Gasteiger partial charge on any atom is 0.0547 e. The zero-order valence-corrected chi connectivity index (χ0v) is 28.4. The Bertz CT molecular complexity index is 3070. The zero-order chi connectivity index (χ0) is 33.5. The van der Waals surface area contributed by atoms with Crippen LogP contribution in [0.3, 0.4) is 0 Å². The van der Waals surface area contributed by atoms with Crippen molar-refractivity contribution >= 4 is 75.1 Å². The summed E-state index contributed by atoms with van der Waals surface area (Å²) in [5.74, 6) is 0. The summed E-state index contributed by atoms with van der Waals surface area (Å²) in [7, 11) is 0. The average Bonchev–Trinajstić information content (AvgIpc) is 3.85. The lowest BCUT2D eigenvalue weighted by molar-refractivity contribution is 1.18. The fraction of sp³-hybridized carbons (Fsp3) is 0. The summed E-state index contributed by atoms with van der Waals surface area (Å²) in [6, 6.07) is 66.7. The van der Waals surface area contributed by atoms with E-state index >= 15 is 0 Å². The number of fused-ring (bicyclic) bond motifs is 9. The molecule has 0 saturated heterocycles. The van der Waals surface area contributed by atoms with Gasteiger partial charge in [0.15, 0.2) is 0 Å². The Morgan fingerprint density at radius 3 is 1.59 bits per heavy atom. The Kier molecular flexibility index (Phi) is 6.16. The second-order valence-electron chi connectivity index (χ2n) is 13.4. The van der Waals surface area contributed by atoms with Gasteiger partial charge in [-0.1, -0.05) is 115 Å². The van der Waals surface area contributed by atoms with Crippen LogP contribution in [0, 0.1) is 0 Å². The highest BCUT2D eigenvalue weighted by Crippen LogP contribution is 2.40. The lowest BCUT2D eigenvalue weighted by atomic mass is 10.0. The molecule has 2 nitrogen and oxygen atoms in total. The second-order valence-corrected chi connectivity index (χ2v) is 14.4. The zero-order valence-electron chi connectivity index (χ0n) is 27.6. The van der Waals surface area contributed by atoms with Crippen LogP contribution in [0.25, 0.3) is 97.4 Å². The first-order chi connectivity index (χ1) is 25.3. The highest BCUT2D eigenvalue weighted by Gasteiger charge is 2.17. The smallest absolute Gasteiger partial charge is 0.0547 e. The van der Waals surface area contributed by atoms with E-state index in [2.05, 4.69) is 191 Å². The quantitative estimate of drug-likeness (QED) is 0.177. The van der Waals surface area contributed by atoms with Gasteiger partial charge in [0, 0.05) is 53.1 Å². The largest absolute Gasteiger partial charge is 0.309 e. The third kappa shape index (κ3) is 4.35. The Hall–Kier alpha value is -6.42. The van der Waals surface area contributed by atoms with Crippen molar-refractivity contribution in [3.63, 3.8) is 0 Å². The van der Waals surface area contributed by atoms with E-state index in [0.29, 0.717) is 0 Å². The van der Waals surface area contributed by atoms with Gasteiger partial charge in [0.25, 0.3) is 0 Å². The number of nitrogens with zero attached hydrogens (tertiary/aromatic N) is 2. The molecule has 3 heteroatoms. The summed E-state index contributed by atoms with van der Waals surface area (Å²) in [5, 5.41) is 7.69. The van der Waals surface area contributed by atoms with Gasteiger partial charge >= 0.3 is 0 Å². The highest BCUT2D eigenvalue weighted by molar-refractivity contribution is 7.25. The van der Waals surface area contributed by atoms with Gasteiger partial charge in [0.05, 0.1) is 22.1 Å². The molecule has 0 aliphatic heterocycles. The molecule has 11 rings (SSSR count). The van der Waals surface area contributed by atoms with Gasteiger partial charge in [0.1, 0.15) is 0 Å². The topological polar surface area (TPSA) is 9.86 Å². The van der Waals surface area contributed by atoms with Crippen molar-refractivity contribution in [3.8, 4) is 33.6 Å². The molecule has 0 amide bonds. The molecule has 3 heterocycles. The van der Waals surface area contributed by atoms with Crippen LogP contribution in [-0.4, -0.2) is 9.13 Å². The molecule has 51 heavy (non-hydrogen) atoms. The first-order valence-corrected chi connectivity index (χ1v) is 18.2. The summed E-state index contributed by atoms with van der Waals surface area (Å²) in [4.78, 5) is 0.